The number of imidazole rings is 1. The van der Waals surface area contributed by atoms with Crippen LogP contribution in [0.25, 0.3) is 39.2 Å². The number of likely N-dealkylation sites (N-methyl/N-ethyl adjacent to an activating group) is 1. The molecule has 4 aliphatic heterocycles. The Hall–Kier alpha value is -8.29. The average Bonchev–Trinajstić information content (AvgIpc) is 4.22. The van der Waals surface area contributed by atoms with Gasteiger partial charge in [-0.3, -0.25) is 23.8 Å². The molecular formula is C55H55FN14O4. The van der Waals surface area contributed by atoms with E-state index in [0.29, 0.717) is 84.7 Å². The Labute approximate surface area is 426 Å². The second kappa shape index (κ2) is 18.3. The van der Waals surface area contributed by atoms with Gasteiger partial charge >= 0.3 is 0 Å². The van der Waals surface area contributed by atoms with Crippen molar-refractivity contribution in [2.24, 2.45) is 0 Å². The molecule has 2 unspecified atom stereocenters. The minimum absolute atomic E-state index is 0.106. The molecule has 2 fully saturated rings. The number of hydrogen-bond donors (Lipinski definition) is 4. The standard InChI is InChI=1S/C55H55FN14O4/c1-55(2,66(3)4)44-29-70(34-7-11-46(59-23-34)64-41-9-8-36(39-24-62-53(72)49(39)41)43-27-60-47-21-33(56)14-19-69(43)47)35(30-74-44)28-68-18-15-38-37(12-16-57-52(38)68)51-40-25-63-54(73)50(40)42(26-61-51)65-45-10-6-32(22-58-45)31-13-17-67(5)48(71)20-31/h6-12,14-16,18-19,21-23,26-27,31,35,44H,13,17,20,24-25,28-30H2,1-5H3,(H,58,65)(H,59,64)(H,62,72)(H,63,73)/t31-,35?,44?/m0/s1. The normalized spacial score (nSPS) is 18.8. The van der Waals surface area contributed by atoms with E-state index in [0.717, 1.165) is 63.2 Å². The molecule has 11 heterocycles. The summed E-state index contributed by atoms with van der Waals surface area (Å²) in [6.45, 7) is 7.37. The zero-order valence-electron chi connectivity index (χ0n) is 41.7. The predicted octanol–water partition coefficient (Wildman–Crippen LogP) is 7.27. The Balaban J connectivity index is 0.804. The maximum atomic E-state index is 14.0. The predicted molar refractivity (Wildman–Crippen MR) is 279 cm³/mol. The summed E-state index contributed by atoms with van der Waals surface area (Å²) in [4.78, 5) is 69.3. The third-order valence-electron chi connectivity index (χ3n) is 15.6. The van der Waals surface area contributed by atoms with Crippen LogP contribution in [0.1, 0.15) is 70.0 Å². The highest BCUT2D eigenvalue weighted by molar-refractivity contribution is 6.07. The van der Waals surface area contributed by atoms with Gasteiger partial charge in [0.05, 0.1) is 76.9 Å². The third kappa shape index (κ3) is 8.21. The lowest BCUT2D eigenvalue weighted by Crippen LogP contribution is -2.61. The quantitative estimate of drug-likeness (QED) is 0.0957. The molecule has 19 heteroatoms. The number of carbonyl (C=O) groups excluding carboxylic acids is 3. The summed E-state index contributed by atoms with van der Waals surface area (Å²) in [5, 5.41) is 13.6. The molecule has 0 spiro atoms. The zero-order chi connectivity index (χ0) is 51.0. The molecule has 0 bridgehead atoms. The second-order valence-corrected chi connectivity index (χ2v) is 20.3. The number of rotatable bonds is 12. The van der Waals surface area contributed by atoms with Gasteiger partial charge in [0.15, 0.2) is 0 Å². The van der Waals surface area contributed by atoms with Gasteiger partial charge in [-0.2, -0.15) is 0 Å². The molecule has 18 nitrogen and oxygen atoms in total. The van der Waals surface area contributed by atoms with E-state index in [1.54, 1.807) is 29.7 Å². The first-order valence-electron chi connectivity index (χ1n) is 24.9. The molecule has 7 aromatic heterocycles. The van der Waals surface area contributed by atoms with Gasteiger partial charge in [-0.1, -0.05) is 12.1 Å². The number of benzene rings is 1. The number of halogens is 1. The van der Waals surface area contributed by atoms with Crippen LogP contribution in [0.4, 0.5) is 33.1 Å². The topological polar surface area (TPSA) is 192 Å². The van der Waals surface area contributed by atoms with Crippen molar-refractivity contribution in [3.63, 3.8) is 0 Å². The maximum absolute atomic E-state index is 14.0. The highest BCUT2D eigenvalue weighted by Gasteiger charge is 2.40. The molecule has 0 saturated carbocycles. The lowest BCUT2D eigenvalue weighted by Gasteiger charge is -2.48. The largest absolute Gasteiger partial charge is 0.372 e. The Kier molecular flexibility index (Phi) is 11.6. The number of fused-ring (bicyclic) bond motifs is 4. The van der Waals surface area contributed by atoms with Crippen LogP contribution < -0.4 is 26.2 Å². The van der Waals surface area contributed by atoms with Crippen LogP contribution >= 0.6 is 0 Å². The van der Waals surface area contributed by atoms with Crippen molar-refractivity contribution in [2.75, 3.05) is 56.4 Å². The van der Waals surface area contributed by atoms with Crippen molar-refractivity contribution < 1.29 is 23.5 Å². The number of carbonyl (C=O) groups is 3. The molecule has 376 valence electrons. The van der Waals surface area contributed by atoms with E-state index in [9.17, 15) is 18.8 Å². The lowest BCUT2D eigenvalue weighted by atomic mass is 9.90. The summed E-state index contributed by atoms with van der Waals surface area (Å²) < 4.78 is 24.7. The number of aromatic nitrogens is 7. The number of amides is 3. The summed E-state index contributed by atoms with van der Waals surface area (Å²) >= 11 is 0. The van der Waals surface area contributed by atoms with E-state index < -0.39 is 0 Å². The average molecular weight is 995 g/mol. The van der Waals surface area contributed by atoms with Crippen LogP contribution in [-0.2, 0) is 29.2 Å². The smallest absolute Gasteiger partial charge is 0.254 e. The van der Waals surface area contributed by atoms with Crippen molar-refractivity contribution in [1.82, 2.24) is 54.3 Å². The summed E-state index contributed by atoms with van der Waals surface area (Å²) in [5.74, 6) is 0.674. The first-order chi connectivity index (χ1) is 35.8. The number of likely N-dealkylation sites (tertiary alicyclic amines) is 1. The van der Waals surface area contributed by atoms with Gasteiger partial charge in [-0.15, -0.1) is 0 Å². The highest BCUT2D eigenvalue weighted by Crippen LogP contribution is 2.39. The van der Waals surface area contributed by atoms with Gasteiger partial charge in [0, 0.05) is 105 Å². The van der Waals surface area contributed by atoms with Gasteiger partial charge in [0.25, 0.3) is 11.8 Å². The zero-order valence-corrected chi connectivity index (χ0v) is 41.7. The van der Waals surface area contributed by atoms with Gasteiger partial charge in [0.2, 0.25) is 5.91 Å². The molecular weight excluding hydrogens is 940 g/mol. The number of nitrogens with zero attached hydrogens (tertiary/aromatic N) is 10. The summed E-state index contributed by atoms with van der Waals surface area (Å²) in [7, 11) is 5.97. The molecule has 0 radical (unpaired) electrons. The van der Waals surface area contributed by atoms with Gasteiger partial charge in [-0.25, -0.2) is 24.3 Å². The number of ether oxygens (including phenoxy) is 1. The molecule has 1 aromatic carbocycles. The first-order valence-corrected chi connectivity index (χ1v) is 24.9. The van der Waals surface area contributed by atoms with E-state index in [2.05, 4.69) is 85.7 Å². The third-order valence-corrected chi connectivity index (χ3v) is 15.6. The monoisotopic (exact) mass is 994 g/mol. The van der Waals surface area contributed by atoms with Crippen molar-refractivity contribution in [1.29, 1.82) is 0 Å². The number of nitrogens with one attached hydrogen (secondary N) is 4. The van der Waals surface area contributed by atoms with Gasteiger partial charge in [-0.05, 0) is 93.9 Å². The Morgan fingerprint density at radius 1 is 0.811 bits per heavy atom. The fraction of sp³-hybridized carbons (Fsp3) is 0.309. The fourth-order valence-corrected chi connectivity index (χ4v) is 10.8. The Morgan fingerprint density at radius 3 is 2.34 bits per heavy atom. The van der Waals surface area contributed by atoms with E-state index in [1.807, 2.05) is 66.4 Å². The maximum Gasteiger partial charge on any atom is 0.254 e. The van der Waals surface area contributed by atoms with E-state index >= 15 is 0 Å². The van der Waals surface area contributed by atoms with Crippen LogP contribution in [0, 0.1) is 5.82 Å². The highest BCUT2D eigenvalue weighted by atomic mass is 19.1. The molecule has 12 rings (SSSR count). The van der Waals surface area contributed by atoms with E-state index in [4.69, 9.17) is 19.7 Å². The summed E-state index contributed by atoms with van der Waals surface area (Å²) in [6.07, 6.45) is 13.8. The second-order valence-electron chi connectivity index (χ2n) is 20.3. The minimum atomic E-state index is -0.369. The van der Waals surface area contributed by atoms with E-state index in [1.165, 1.54) is 12.1 Å². The van der Waals surface area contributed by atoms with Crippen LogP contribution in [0.15, 0.2) is 104 Å². The molecule has 3 atom stereocenters. The van der Waals surface area contributed by atoms with Crippen LogP contribution in [0.5, 0.6) is 0 Å². The number of hydrogen-bond acceptors (Lipinski definition) is 13. The number of piperidine rings is 1. The molecule has 0 aliphatic carbocycles. The number of morpholine rings is 1. The van der Waals surface area contributed by atoms with Crippen molar-refractivity contribution in [3.8, 4) is 22.5 Å². The van der Waals surface area contributed by atoms with Crippen LogP contribution in [0.2, 0.25) is 0 Å². The molecule has 74 heavy (non-hydrogen) atoms. The lowest BCUT2D eigenvalue weighted by molar-refractivity contribution is -0.132. The number of anilines is 5. The van der Waals surface area contributed by atoms with Crippen molar-refractivity contribution in [2.45, 2.75) is 69.9 Å². The number of pyridine rings is 5. The molecule has 2 saturated heterocycles. The molecule has 8 aromatic rings. The fourth-order valence-electron chi connectivity index (χ4n) is 10.8. The molecule has 4 N–H and O–H groups in total. The molecule has 3 amide bonds. The van der Waals surface area contributed by atoms with Crippen LogP contribution in [-0.4, -0.2) is 120 Å². The van der Waals surface area contributed by atoms with Crippen LogP contribution in [0.3, 0.4) is 0 Å². The summed E-state index contributed by atoms with van der Waals surface area (Å²) in [5.41, 5.74) is 9.93. The van der Waals surface area contributed by atoms with Gasteiger partial charge < -0.3 is 45.3 Å². The Bertz CT molecular complexity index is 3540. The first kappa shape index (κ1) is 46.8. The van der Waals surface area contributed by atoms with Crippen molar-refractivity contribution >= 4 is 63.1 Å². The van der Waals surface area contributed by atoms with Crippen molar-refractivity contribution in [3.05, 3.63) is 138 Å². The van der Waals surface area contributed by atoms with Gasteiger partial charge in [0.1, 0.15) is 28.7 Å². The SMILES string of the molecule is CN1CC[C@H](c2ccc(Nc3cnc(-c4ccnc5c4ccn5CC4COC(C(C)(C)N(C)C)CN4c4ccc(Nc5ccc(-c6cnc7cc(F)ccn67)c6c5C(=O)NC6)nc4)c4c3C(=O)NC4)nc2)CC1=O. The Morgan fingerprint density at radius 2 is 1.58 bits per heavy atom. The summed E-state index contributed by atoms with van der Waals surface area (Å²) in [6, 6.07) is 18.4. The van der Waals surface area contributed by atoms with E-state index in [-0.39, 0.29) is 47.1 Å². The minimum Gasteiger partial charge on any atom is -0.372 e. The molecule has 4 aliphatic rings.